The number of hydrogen-bond acceptors (Lipinski definition) is 5. The van der Waals surface area contributed by atoms with E-state index in [9.17, 15) is 18.0 Å². The predicted molar refractivity (Wildman–Crippen MR) is 95.3 cm³/mol. The second kappa shape index (κ2) is 7.69. The van der Waals surface area contributed by atoms with Gasteiger partial charge in [-0.05, 0) is 49.7 Å². The molecule has 0 atom stereocenters. The molecule has 0 aliphatic carbocycles. The molecule has 8 heteroatoms. The van der Waals surface area contributed by atoms with Gasteiger partial charge >= 0.3 is 0 Å². The zero-order valence-electron chi connectivity index (χ0n) is 13.3. The average Bonchev–Trinajstić information content (AvgIpc) is 2.95. The minimum Gasteiger partial charge on any atom is -0.321 e. The molecule has 0 aliphatic rings. The maximum atomic E-state index is 12.2. The fraction of sp³-hybridized carbons (Fsp3) is 0.250. The molecule has 1 heterocycles. The fourth-order valence-electron chi connectivity index (χ4n) is 1.97. The van der Waals surface area contributed by atoms with E-state index in [0.29, 0.717) is 29.1 Å². The van der Waals surface area contributed by atoms with Crippen LogP contribution in [0.3, 0.4) is 0 Å². The van der Waals surface area contributed by atoms with Crippen LogP contribution in [0.1, 0.15) is 31.8 Å². The quantitative estimate of drug-likeness (QED) is 0.736. The summed E-state index contributed by atoms with van der Waals surface area (Å²) >= 11 is 1.32. The van der Waals surface area contributed by atoms with Gasteiger partial charge in [0, 0.05) is 22.7 Å². The van der Waals surface area contributed by atoms with Crippen molar-refractivity contribution in [2.75, 3.05) is 18.1 Å². The molecule has 6 nitrogen and oxygen atoms in total. The van der Waals surface area contributed by atoms with Crippen LogP contribution in [0.15, 0.2) is 36.4 Å². The van der Waals surface area contributed by atoms with Gasteiger partial charge in [0.05, 0.1) is 11.1 Å². The topological polar surface area (TPSA) is 92.3 Å². The first-order valence-corrected chi connectivity index (χ1v) is 9.91. The molecule has 1 amide bonds. The summed E-state index contributed by atoms with van der Waals surface area (Å²) < 4.78 is 24.4. The zero-order chi connectivity index (χ0) is 17.7. The van der Waals surface area contributed by atoms with Crippen molar-refractivity contribution in [2.24, 2.45) is 0 Å². The number of amides is 1. The molecule has 0 spiro atoms. The molecule has 0 bridgehead atoms. The number of carbonyl (C=O) groups is 2. The largest absolute Gasteiger partial charge is 0.321 e. The Hall–Kier alpha value is -2.03. The standard InChI is InChI=1S/C16H18N2O4S2/c1-11(19)12-3-5-13(6-4-12)18-16(20)15-8-7-14(23-15)9-10-17-24(2,21)22/h3-8,17H,9-10H2,1-2H3,(H,18,20). The number of ketones is 1. The van der Waals surface area contributed by atoms with Crippen molar-refractivity contribution >= 4 is 38.7 Å². The van der Waals surface area contributed by atoms with Gasteiger partial charge in [-0.3, -0.25) is 9.59 Å². The molecule has 2 aromatic rings. The van der Waals surface area contributed by atoms with Crippen molar-refractivity contribution in [1.29, 1.82) is 0 Å². The molecule has 1 aromatic heterocycles. The lowest BCUT2D eigenvalue weighted by molar-refractivity contribution is 0.101. The molecule has 0 saturated carbocycles. The molecule has 128 valence electrons. The van der Waals surface area contributed by atoms with E-state index in [1.165, 1.54) is 18.3 Å². The van der Waals surface area contributed by atoms with Crippen LogP contribution >= 0.6 is 11.3 Å². The third kappa shape index (κ3) is 5.55. The van der Waals surface area contributed by atoms with E-state index in [1.807, 2.05) is 6.07 Å². The summed E-state index contributed by atoms with van der Waals surface area (Å²) in [6.07, 6.45) is 1.63. The molecule has 0 unspecified atom stereocenters. The van der Waals surface area contributed by atoms with Crippen molar-refractivity contribution in [3.8, 4) is 0 Å². The Bertz CT molecular complexity index is 839. The van der Waals surface area contributed by atoms with E-state index in [4.69, 9.17) is 0 Å². The summed E-state index contributed by atoms with van der Waals surface area (Å²) in [4.78, 5) is 24.9. The Balaban J connectivity index is 1.94. The molecule has 2 N–H and O–H groups in total. The first-order valence-electron chi connectivity index (χ1n) is 7.20. The highest BCUT2D eigenvalue weighted by Crippen LogP contribution is 2.19. The highest BCUT2D eigenvalue weighted by Gasteiger charge is 2.10. The third-order valence-corrected chi connectivity index (χ3v) is 5.04. The number of sulfonamides is 1. The van der Waals surface area contributed by atoms with E-state index in [1.54, 1.807) is 30.3 Å². The van der Waals surface area contributed by atoms with Gasteiger partial charge in [0.2, 0.25) is 10.0 Å². The third-order valence-electron chi connectivity index (χ3n) is 3.17. The van der Waals surface area contributed by atoms with Crippen molar-refractivity contribution in [1.82, 2.24) is 4.72 Å². The van der Waals surface area contributed by atoms with Crippen LogP contribution in [0.5, 0.6) is 0 Å². The number of Topliss-reactive ketones (excluding diaryl/α,β-unsaturated/α-hetero) is 1. The number of benzene rings is 1. The Morgan fingerprint density at radius 1 is 1.08 bits per heavy atom. The molecule has 0 saturated heterocycles. The van der Waals surface area contributed by atoms with Gasteiger partial charge < -0.3 is 5.32 Å². The Kier molecular flexibility index (Phi) is 5.87. The summed E-state index contributed by atoms with van der Waals surface area (Å²) in [7, 11) is -3.20. The molecular formula is C16H18N2O4S2. The zero-order valence-corrected chi connectivity index (χ0v) is 15.0. The molecular weight excluding hydrogens is 348 g/mol. The lowest BCUT2D eigenvalue weighted by atomic mass is 10.1. The monoisotopic (exact) mass is 366 g/mol. The van der Waals surface area contributed by atoms with Gasteiger partial charge in [-0.1, -0.05) is 0 Å². The van der Waals surface area contributed by atoms with E-state index >= 15 is 0 Å². The Labute approximate surface area is 145 Å². The smallest absolute Gasteiger partial charge is 0.265 e. The maximum absolute atomic E-state index is 12.2. The van der Waals surface area contributed by atoms with E-state index in [2.05, 4.69) is 10.0 Å². The average molecular weight is 366 g/mol. The highest BCUT2D eigenvalue weighted by molar-refractivity contribution is 7.88. The highest BCUT2D eigenvalue weighted by atomic mass is 32.2. The van der Waals surface area contributed by atoms with Gasteiger partial charge in [-0.25, -0.2) is 13.1 Å². The predicted octanol–water partition coefficient (Wildman–Crippen LogP) is 2.29. The first kappa shape index (κ1) is 18.3. The van der Waals surface area contributed by atoms with E-state index < -0.39 is 10.0 Å². The maximum Gasteiger partial charge on any atom is 0.265 e. The van der Waals surface area contributed by atoms with Crippen LogP contribution in [0.2, 0.25) is 0 Å². The van der Waals surface area contributed by atoms with Crippen molar-refractivity contribution in [2.45, 2.75) is 13.3 Å². The number of rotatable bonds is 7. The second-order valence-electron chi connectivity index (χ2n) is 5.27. The Morgan fingerprint density at radius 3 is 2.33 bits per heavy atom. The molecule has 0 aliphatic heterocycles. The molecule has 2 rings (SSSR count). The van der Waals surface area contributed by atoms with Gasteiger partial charge in [-0.15, -0.1) is 11.3 Å². The van der Waals surface area contributed by atoms with Gasteiger partial charge in [0.1, 0.15) is 0 Å². The van der Waals surface area contributed by atoms with Crippen molar-refractivity contribution in [3.63, 3.8) is 0 Å². The van der Waals surface area contributed by atoms with Crippen LogP contribution in [-0.2, 0) is 16.4 Å². The van der Waals surface area contributed by atoms with Crippen molar-refractivity contribution in [3.05, 3.63) is 51.7 Å². The Morgan fingerprint density at radius 2 is 1.75 bits per heavy atom. The van der Waals surface area contributed by atoms with Gasteiger partial charge in [0.25, 0.3) is 5.91 Å². The number of anilines is 1. The van der Waals surface area contributed by atoms with E-state index in [0.717, 1.165) is 11.1 Å². The normalized spacial score (nSPS) is 11.2. The van der Waals surface area contributed by atoms with Crippen LogP contribution in [0.25, 0.3) is 0 Å². The van der Waals surface area contributed by atoms with Crippen LogP contribution in [0, 0.1) is 0 Å². The van der Waals surface area contributed by atoms with Crippen molar-refractivity contribution < 1.29 is 18.0 Å². The number of thiophene rings is 1. The fourth-order valence-corrected chi connectivity index (χ4v) is 3.35. The van der Waals surface area contributed by atoms with Crippen LogP contribution < -0.4 is 10.0 Å². The second-order valence-corrected chi connectivity index (χ2v) is 8.27. The van der Waals surface area contributed by atoms with E-state index in [-0.39, 0.29) is 11.7 Å². The molecule has 1 aromatic carbocycles. The summed E-state index contributed by atoms with van der Waals surface area (Å²) in [6, 6.07) is 10.2. The van der Waals surface area contributed by atoms with Crippen LogP contribution in [0.4, 0.5) is 5.69 Å². The lowest BCUT2D eigenvalue weighted by Gasteiger charge is -2.04. The summed E-state index contributed by atoms with van der Waals surface area (Å²) in [5.41, 5.74) is 1.20. The number of carbonyl (C=O) groups excluding carboxylic acids is 2. The first-order chi connectivity index (χ1) is 11.2. The summed E-state index contributed by atoms with van der Waals surface area (Å²) in [6.45, 7) is 1.78. The minimum atomic E-state index is -3.20. The molecule has 0 radical (unpaired) electrons. The number of hydrogen-bond donors (Lipinski definition) is 2. The summed E-state index contributed by atoms with van der Waals surface area (Å²) in [5, 5.41) is 2.77. The minimum absolute atomic E-state index is 0.0292. The van der Waals surface area contributed by atoms with Gasteiger partial charge in [-0.2, -0.15) is 0 Å². The van der Waals surface area contributed by atoms with Gasteiger partial charge in [0.15, 0.2) is 5.78 Å². The molecule has 24 heavy (non-hydrogen) atoms. The lowest BCUT2D eigenvalue weighted by Crippen LogP contribution is -2.24. The van der Waals surface area contributed by atoms with Crippen LogP contribution in [-0.4, -0.2) is 32.9 Å². The number of nitrogens with one attached hydrogen (secondary N) is 2. The SMILES string of the molecule is CC(=O)c1ccc(NC(=O)c2ccc(CCNS(C)(=O)=O)s2)cc1. The molecule has 0 fully saturated rings. The summed E-state index contributed by atoms with van der Waals surface area (Å²) in [5.74, 6) is -0.267.